The van der Waals surface area contributed by atoms with Crippen molar-refractivity contribution in [2.24, 2.45) is 46.3 Å². The highest BCUT2D eigenvalue weighted by molar-refractivity contribution is 5.82. The second-order valence-corrected chi connectivity index (χ2v) is 12.6. The Morgan fingerprint density at radius 2 is 1.94 bits per heavy atom. The molecule has 4 aliphatic carbocycles. The van der Waals surface area contributed by atoms with E-state index in [2.05, 4.69) is 31.9 Å². The third-order valence-electron chi connectivity index (χ3n) is 10.8. The van der Waals surface area contributed by atoms with Gasteiger partial charge in [-0.05, 0) is 98.7 Å². The zero-order valence-corrected chi connectivity index (χ0v) is 20.2. The molecule has 1 N–H and O–H groups in total. The van der Waals surface area contributed by atoms with Crippen LogP contribution in [0.25, 0.3) is 0 Å². The van der Waals surface area contributed by atoms with E-state index in [9.17, 15) is 9.90 Å². The first-order valence-electron chi connectivity index (χ1n) is 12.7. The maximum absolute atomic E-state index is 13.4. The highest BCUT2D eigenvalue weighted by atomic mass is 16.3. The Morgan fingerprint density at radius 3 is 2.66 bits per heavy atom. The van der Waals surface area contributed by atoms with Crippen LogP contribution in [0.4, 0.5) is 0 Å². The number of rotatable bonds is 3. The Morgan fingerprint density at radius 1 is 1.19 bits per heavy atom. The number of carbonyl (C=O) groups excluding carboxylic acids is 1. The summed E-state index contributed by atoms with van der Waals surface area (Å²) in [4.78, 5) is 13.4. The van der Waals surface area contributed by atoms with E-state index in [1.165, 1.54) is 19.3 Å². The summed E-state index contributed by atoms with van der Waals surface area (Å²) in [6, 6.07) is 2.10. The van der Waals surface area contributed by atoms with Gasteiger partial charge in [-0.1, -0.05) is 20.8 Å². The molecule has 0 bridgehead atoms. The molecule has 0 unspecified atom stereocenters. The van der Waals surface area contributed by atoms with Crippen LogP contribution in [0.15, 0.2) is 12.4 Å². The summed E-state index contributed by atoms with van der Waals surface area (Å²) < 4.78 is 1.64. The first-order valence-corrected chi connectivity index (χ1v) is 12.7. The number of nitriles is 1. The Kier molecular flexibility index (Phi) is 5.13. The summed E-state index contributed by atoms with van der Waals surface area (Å²) in [5.41, 5.74) is 0.439. The third-order valence-corrected chi connectivity index (χ3v) is 10.8. The molecule has 9 atom stereocenters. The molecular weight excluding hydrogens is 398 g/mol. The maximum atomic E-state index is 13.4. The quantitative estimate of drug-likeness (QED) is 0.723. The van der Waals surface area contributed by atoms with E-state index in [-0.39, 0.29) is 17.9 Å². The van der Waals surface area contributed by atoms with E-state index in [0.717, 1.165) is 38.0 Å². The lowest BCUT2D eigenvalue weighted by Crippen LogP contribution is -2.58. The Labute approximate surface area is 192 Å². The molecule has 5 rings (SSSR count). The van der Waals surface area contributed by atoms with Crippen molar-refractivity contribution in [3.63, 3.8) is 0 Å². The van der Waals surface area contributed by atoms with E-state index in [1.807, 2.05) is 6.92 Å². The van der Waals surface area contributed by atoms with Gasteiger partial charge >= 0.3 is 0 Å². The second-order valence-electron chi connectivity index (χ2n) is 12.6. The van der Waals surface area contributed by atoms with Crippen molar-refractivity contribution in [2.45, 2.75) is 91.2 Å². The zero-order chi connectivity index (χ0) is 22.9. The first kappa shape index (κ1) is 22.1. The van der Waals surface area contributed by atoms with Gasteiger partial charge < -0.3 is 5.11 Å². The maximum Gasteiger partial charge on any atom is 0.157 e. The summed E-state index contributed by atoms with van der Waals surface area (Å²) in [7, 11) is 0. The van der Waals surface area contributed by atoms with Crippen molar-refractivity contribution >= 4 is 5.78 Å². The molecule has 1 aromatic heterocycles. The van der Waals surface area contributed by atoms with Crippen LogP contribution >= 0.6 is 0 Å². The van der Waals surface area contributed by atoms with Gasteiger partial charge in [0, 0.05) is 12.1 Å². The fourth-order valence-corrected chi connectivity index (χ4v) is 9.12. The predicted octanol–water partition coefficient (Wildman–Crippen LogP) is 4.98. The molecule has 0 saturated heterocycles. The van der Waals surface area contributed by atoms with Gasteiger partial charge in [-0.25, -0.2) is 0 Å². The number of carbonyl (C=O) groups is 1. The normalized spacial score (nSPS) is 47.8. The Balaban J connectivity index is 1.37. The van der Waals surface area contributed by atoms with Crippen molar-refractivity contribution in [3.05, 3.63) is 18.0 Å². The smallest absolute Gasteiger partial charge is 0.157 e. The van der Waals surface area contributed by atoms with Gasteiger partial charge in [0.2, 0.25) is 0 Å². The monoisotopic (exact) mass is 437 g/mol. The molecule has 0 aromatic carbocycles. The molecule has 5 nitrogen and oxygen atoms in total. The lowest BCUT2D eigenvalue weighted by atomic mass is 9.42. The number of Topliss-reactive ketones (excluding diaryl/α,β-unsaturated/α-hetero) is 1. The average molecular weight is 438 g/mol. The minimum atomic E-state index is -0.497. The number of nitrogens with zero attached hydrogens (tertiary/aromatic N) is 3. The largest absolute Gasteiger partial charge is 0.390 e. The highest BCUT2D eigenvalue weighted by Gasteiger charge is 2.63. The predicted molar refractivity (Wildman–Crippen MR) is 122 cm³/mol. The molecule has 5 heteroatoms. The van der Waals surface area contributed by atoms with Crippen LogP contribution < -0.4 is 0 Å². The molecule has 0 amide bonds. The summed E-state index contributed by atoms with van der Waals surface area (Å²) in [6.45, 7) is 9.71. The van der Waals surface area contributed by atoms with Crippen LogP contribution in [0.2, 0.25) is 0 Å². The average Bonchev–Trinajstić information content (AvgIpc) is 3.32. The van der Waals surface area contributed by atoms with Crippen LogP contribution in [0, 0.1) is 57.7 Å². The molecule has 1 aromatic rings. The van der Waals surface area contributed by atoms with Crippen molar-refractivity contribution in [3.8, 4) is 6.07 Å². The number of fused-ring (bicyclic) bond motifs is 5. The molecule has 0 aliphatic heterocycles. The third kappa shape index (κ3) is 3.28. The highest BCUT2D eigenvalue weighted by Crippen LogP contribution is 2.69. The van der Waals surface area contributed by atoms with Crippen LogP contribution in [0.5, 0.6) is 0 Å². The number of ketones is 1. The molecule has 0 radical (unpaired) electrons. The SMILES string of the molecule is C[C@@H]1C[C@H]2C[C@](C)(O)CC[C@]2(C)[C@H]2CC[C@]3(C)[C@H](C(=O)Cn4cc(C#N)cn4)CC[C@H]3[C@H]12. The number of aromatic nitrogens is 2. The van der Waals surface area contributed by atoms with Crippen molar-refractivity contribution in [1.29, 1.82) is 5.26 Å². The molecule has 32 heavy (non-hydrogen) atoms. The minimum Gasteiger partial charge on any atom is -0.390 e. The standard InChI is InChI=1S/C27H39N3O2/c1-17-11-19-12-25(2,32)9-10-26(19,3)22-7-8-27(4)20(5-6-21(27)24(17)22)23(31)16-30-15-18(13-28)14-29-30/h14-15,17,19-22,24,32H,5-12,16H2,1-4H3/t17-,19+,20+,21+,22+,24+,25-,26+,27-/m1/s1. The lowest BCUT2D eigenvalue weighted by molar-refractivity contribution is -0.166. The first-order chi connectivity index (χ1) is 15.1. The van der Waals surface area contributed by atoms with E-state index < -0.39 is 5.60 Å². The Hall–Kier alpha value is -1.67. The number of aliphatic hydroxyl groups is 1. The van der Waals surface area contributed by atoms with Gasteiger partial charge in [0.05, 0.1) is 23.9 Å². The van der Waals surface area contributed by atoms with Gasteiger partial charge in [-0.15, -0.1) is 0 Å². The van der Waals surface area contributed by atoms with Crippen LogP contribution in [-0.2, 0) is 11.3 Å². The van der Waals surface area contributed by atoms with E-state index >= 15 is 0 Å². The van der Waals surface area contributed by atoms with E-state index in [1.54, 1.807) is 17.1 Å². The van der Waals surface area contributed by atoms with E-state index in [0.29, 0.717) is 40.4 Å². The molecule has 4 saturated carbocycles. The van der Waals surface area contributed by atoms with Gasteiger partial charge in [-0.3, -0.25) is 9.48 Å². The number of hydrogen-bond donors (Lipinski definition) is 1. The summed E-state index contributed by atoms with van der Waals surface area (Å²) >= 11 is 0. The van der Waals surface area contributed by atoms with Gasteiger partial charge in [0.15, 0.2) is 5.78 Å². The van der Waals surface area contributed by atoms with E-state index in [4.69, 9.17) is 5.26 Å². The molecular formula is C27H39N3O2. The van der Waals surface area contributed by atoms with Crippen LogP contribution in [0.1, 0.15) is 84.6 Å². The summed E-state index contributed by atoms with van der Waals surface area (Å²) in [5, 5.41) is 24.1. The molecule has 0 spiro atoms. The van der Waals surface area contributed by atoms with Gasteiger partial charge in [0.25, 0.3) is 0 Å². The van der Waals surface area contributed by atoms with Gasteiger partial charge in [-0.2, -0.15) is 10.4 Å². The number of hydrogen-bond acceptors (Lipinski definition) is 4. The molecule has 4 fully saturated rings. The van der Waals surface area contributed by atoms with Crippen LogP contribution in [-0.4, -0.2) is 26.3 Å². The molecule has 174 valence electrons. The lowest BCUT2D eigenvalue weighted by Gasteiger charge is -2.63. The molecule has 4 aliphatic rings. The minimum absolute atomic E-state index is 0.0844. The zero-order valence-electron chi connectivity index (χ0n) is 20.2. The second kappa shape index (κ2) is 7.42. The van der Waals surface area contributed by atoms with Crippen molar-refractivity contribution < 1.29 is 9.90 Å². The summed E-state index contributed by atoms with van der Waals surface area (Å²) in [5.74, 6) is 3.73. The van der Waals surface area contributed by atoms with Gasteiger partial charge in [0.1, 0.15) is 6.07 Å². The fourth-order valence-electron chi connectivity index (χ4n) is 9.12. The molecule has 1 heterocycles. The van der Waals surface area contributed by atoms with Crippen LogP contribution in [0.3, 0.4) is 0 Å². The fraction of sp³-hybridized carbons (Fsp3) is 0.815. The summed E-state index contributed by atoms with van der Waals surface area (Å²) in [6.07, 6.45) is 12.0. The van der Waals surface area contributed by atoms with Crippen molar-refractivity contribution in [2.75, 3.05) is 0 Å². The van der Waals surface area contributed by atoms with Crippen molar-refractivity contribution in [1.82, 2.24) is 9.78 Å². The Bertz CT molecular complexity index is 945. The topological polar surface area (TPSA) is 78.9 Å².